The number of hydrogen-bond acceptors (Lipinski definition) is 8. The van der Waals surface area contributed by atoms with Gasteiger partial charge >= 0.3 is 0 Å². The number of nitrogens with one attached hydrogen (secondary N) is 1. The molecular formula is C42H46Cl4N8O4. The fraction of sp³-hybridized carbons (Fsp3) is 0.381. The summed E-state index contributed by atoms with van der Waals surface area (Å²) in [5, 5.41) is 38.7. The lowest BCUT2D eigenvalue weighted by atomic mass is 10.0. The minimum atomic E-state index is -0.691. The summed E-state index contributed by atoms with van der Waals surface area (Å²) in [6.45, 7) is 5.70. The summed E-state index contributed by atoms with van der Waals surface area (Å²) >= 11 is 26.4. The van der Waals surface area contributed by atoms with Crippen molar-refractivity contribution in [1.82, 2.24) is 39.5 Å². The molecule has 0 radical (unpaired) electrons. The van der Waals surface area contributed by atoms with Crippen LogP contribution in [-0.4, -0.2) is 61.3 Å². The Morgan fingerprint density at radius 3 is 1.64 bits per heavy atom. The van der Waals surface area contributed by atoms with Crippen molar-refractivity contribution < 1.29 is 19.8 Å². The van der Waals surface area contributed by atoms with E-state index in [0.717, 1.165) is 38.5 Å². The van der Waals surface area contributed by atoms with Crippen LogP contribution in [-0.2, 0) is 13.1 Å². The number of aromatic hydroxyl groups is 2. The van der Waals surface area contributed by atoms with Gasteiger partial charge in [0, 0.05) is 24.2 Å². The van der Waals surface area contributed by atoms with Gasteiger partial charge in [0.2, 0.25) is 11.6 Å². The molecule has 0 aliphatic carbocycles. The summed E-state index contributed by atoms with van der Waals surface area (Å²) in [6, 6.07) is 10.6. The van der Waals surface area contributed by atoms with Gasteiger partial charge in [-0.3, -0.25) is 14.2 Å². The van der Waals surface area contributed by atoms with Gasteiger partial charge in [0.05, 0.1) is 51.3 Å². The van der Waals surface area contributed by atoms with E-state index >= 15 is 0 Å². The van der Waals surface area contributed by atoms with E-state index < -0.39 is 11.6 Å². The number of aromatic nitrogens is 8. The van der Waals surface area contributed by atoms with E-state index in [1.807, 2.05) is 0 Å². The molecule has 0 saturated carbocycles. The summed E-state index contributed by atoms with van der Waals surface area (Å²) in [7, 11) is 0. The quantitative estimate of drug-likeness (QED) is 0.0477. The number of unbranched alkanes of at least 4 members (excludes halogenated alkanes) is 10. The number of aryl methyl sites for hydroxylation is 2. The van der Waals surface area contributed by atoms with Crippen molar-refractivity contribution in [3.8, 4) is 39.7 Å². The Bertz CT molecular complexity index is 2220. The Balaban J connectivity index is 1.25. The van der Waals surface area contributed by atoms with Crippen molar-refractivity contribution in [3.63, 3.8) is 0 Å². The summed E-state index contributed by atoms with van der Waals surface area (Å²) < 4.78 is 4.77. The molecule has 4 aromatic heterocycles. The van der Waals surface area contributed by atoms with Gasteiger partial charge in [-0.05, 0) is 43.2 Å². The van der Waals surface area contributed by atoms with Gasteiger partial charge in [0.25, 0.3) is 0 Å². The van der Waals surface area contributed by atoms with Gasteiger partial charge < -0.3 is 15.2 Å². The Morgan fingerprint density at radius 2 is 1.14 bits per heavy atom. The van der Waals surface area contributed by atoms with E-state index in [1.165, 1.54) is 73.4 Å². The van der Waals surface area contributed by atoms with Gasteiger partial charge in [-0.15, -0.1) is 10.2 Å². The molecule has 58 heavy (non-hydrogen) atoms. The summed E-state index contributed by atoms with van der Waals surface area (Å²) in [5.74, 6) is -1.98. The largest absolute Gasteiger partial charge is 0.507 e. The number of ketones is 2. The average molecular weight is 869 g/mol. The second-order valence-electron chi connectivity index (χ2n) is 14.3. The van der Waals surface area contributed by atoms with E-state index in [4.69, 9.17) is 46.4 Å². The van der Waals surface area contributed by atoms with Gasteiger partial charge in [-0.2, -0.15) is 0 Å². The minimum absolute atomic E-state index is 0.0176. The average Bonchev–Trinajstić information content (AvgIpc) is 4.01. The van der Waals surface area contributed by atoms with Crippen LogP contribution in [0.4, 0.5) is 0 Å². The number of benzene rings is 2. The number of nitrogens with zero attached hydrogens (tertiary/aromatic N) is 7. The van der Waals surface area contributed by atoms with Crippen LogP contribution in [0, 0.1) is 0 Å². The molecule has 0 spiro atoms. The minimum Gasteiger partial charge on any atom is -0.507 e. The Morgan fingerprint density at radius 1 is 0.655 bits per heavy atom. The van der Waals surface area contributed by atoms with Crippen LogP contribution in [0.15, 0.2) is 54.9 Å². The number of carbonyl (C=O) groups is 2. The number of carbonyl (C=O) groups excluding carboxylic acids is 2. The Labute approximate surface area is 357 Å². The van der Waals surface area contributed by atoms with E-state index in [-0.39, 0.29) is 60.1 Å². The van der Waals surface area contributed by atoms with Gasteiger partial charge in [0.1, 0.15) is 32.5 Å². The van der Waals surface area contributed by atoms with Crippen molar-refractivity contribution in [2.45, 2.75) is 104 Å². The zero-order chi connectivity index (χ0) is 41.3. The molecule has 0 saturated heterocycles. The lowest BCUT2D eigenvalue weighted by Gasteiger charge is -2.14. The lowest BCUT2D eigenvalue weighted by Crippen LogP contribution is -2.13. The van der Waals surface area contributed by atoms with Crippen LogP contribution in [0.25, 0.3) is 28.2 Å². The molecule has 3 N–H and O–H groups in total. The van der Waals surface area contributed by atoms with Crippen molar-refractivity contribution in [2.24, 2.45) is 0 Å². The van der Waals surface area contributed by atoms with Crippen LogP contribution in [0.3, 0.4) is 0 Å². The molecule has 0 bridgehead atoms. The highest BCUT2D eigenvalue weighted by atomic mass is 35.5. The van der Waals surface area contributed by atoms with Crippen LogP contribution in [0.1, 0.15) is 123 Å². The van der Waals surface area contributed by atoms with Gasteiger partial charge in [0.15, 0.2) is 0 Å². The standard InChI is InChI=1S/C42H46Cl4N8O4/c1-3-5-7-9-11-13-19-52-32(24-47-50-52)26-15-17-28(34(55)21-26)39(57)31-23-30(43)42(46)54(31)38-36(44)41(45)49-37(38)40(58)29-18-16-27(22-35(29)56)33-25-48-51-53(33)20-14-12-10-8-6-4-2/h15-18,21-25,49,55-56H,3-14,19-20H2,1-2H3. The molecule has 6 rings (SSSR count). The first-order valence-corrected chi connectivity index (χ1v) is 21.2. The first-order valence-electron chi connectivity index (χ1n) is 19.7. The molecule has 2 aromatic carbocycles. The number of rotatable bonds is 21. The maximum atomic E-state index is 14.2. The maximum Gasteiger partial charge on any atom is 0.215 e. The molecule has 0 fully saturated rings. The third-order valence-electron chi connectivity index (χ3n) is 10.2. The maximum absolute atomic E-state index is 14.2. The van der Waals surface area contributed by atoms with E-state index in [0.29, 0.717) is 35.6 Å². The second-order valence-corrected chi connectivity index (χ2v) is 15.8. The molecule has 12 nitrogen and oxygen atoms in total. The Hall–Kier alpha value is -4.62. The molecule has 0 aliphatic heterocycles. The fourth-order valence-corrected chi connectivity index (χ4v) is 7.90. The molecule has 4 heterocycles. The monoisotopic (exact) mass is 866 g/mol. The van der Waals surface area contributed by atoms with Crippen LogP contribution >= 0.6 is 46.4 Å². The fourth-order valence-electron chi connectivity index (χ4n) is 7.07. The summed E-state index contributed by atoms with van der Waals surface area (Å²) in [5.41, 5.74) is 2.15. The molecule has 0 unspecified atom stereocenters. The van der Waals surface area contributed by atoms with Crippen LogP contribution in [0.2, 0.25) is 20.4 Å². The van der Waals surface area contributed by atoms with Crippen molar-refractivity contribution in [3.05, 3.63) is 97.7 Å². The van der Waals surface area contributed by atoms with Crippen molar-refractivity contribution in [2.75, 3.05) is 0 Å². The third kappa shape index (κ3) is 9.47. The Kier molecular flexibility index (Phi) is 14.7. The smallest absolute Gasteiger partial charge is 0.215 e. The van der Waals surface area contributed by atoms with Crippen LogP contribution < -0.4 is 0 Å². The highest BCUT2D eigenvalue weighted by Gasteiger charge is 2.31. The van der Waals surface area contributed by atoms with E-state index in [2.05, 4.69) is 39.5 Å². The molecule has 0 atom stereocenters. The number of phenolic OH excluding ortho intramolecular Hbond substituents is 2. The number of phenols is 2. The lowest BCUT2D eigenvalue weighted by molar-refractivity contribution is 0.101. The number of H-pyrrole nitrogens is 1. The van der Waals surface area contributed by atoms with Gasteiger partial charge in [-0.1, -0.05) is 147 Å². The number of aromatic amines is 1. The SMILES string of the molecule is CCCCCCCCn1nncc1-c1ccc(C(=O)c2[nH]c(Cl)c(Cl)c2-n2c(C(=O)c3ccc(-c4cnnn4CCCCCCCC)cc3O)cc(Cl)c2Cl)c(O)c1. The summed E-state index contributed by atoms with van der Waals surface area (Å²) in [6.07, 6.45) is 16.8. The summed E-state index contributed by atoms with van der Waals surface area (Å²) in [4.78, 5) is 31.2. The number of hydrogen-bond donors (Lipinski definition) is 3. The zero-order valence-electron chi connectivity index (χ0n) is 32.4. The van der Waals surface area contributed by atoms with E-state index in [1.54, 1.807) is 33.9 Å². The van der Waals surface area contributed by atoms with Crippen LogP contribution in [0.5, 0.6) is 11.5 Å². The van der Waals surface area contributed by atoms with Gasteiger partial charge in [-0.25, -0.2) is 9.36 Å². The topological polar surface area (TPSA) is 157 Å². The molecule has 0 amide bonds. The van der Waals surface area contributed by atoms with E-state index in [9.17, 15) is 19.8 Å². The first-order chi connectivity index (χ1) is 28.0. The molecule has 0 aliphatic rings. The zero-order valence-corrected chi connectivity index (χ0v) is 35.5. The predicted molar refractivity (Wildman–Crippen MR) is 228 cm³/mol. The predicted octanol–water partition coefficient (Wildman–Crippen LogP) is 11.5. The molecule has 16 heteroatoms. The molecule has 306 valence electrons. The third-order valence-corrected chi connectivity index (χ3v) is 11.7. The highest BCUT2D eigenvalue weighted by Crippen LogP contribution is 2.41. The first kappa shape index (κ1) is 43.0. The highest BCUT2D eigenvalue weighted by molar-refractivity contribution is 6.45. The van der Waals surface area contributed by atoms with Crippen molar-refractivity contribution in [1.29, 1.82) is 0 Å². The normalized spacial score (nSPS) is 11.5. The molecule has 6 aromatic rings. The van der Waals surface area contributed by atoms with Crippen molar-refractivity contribution >= 4 is 58.0 Å². The second kappa shape index (κ2) is 19.9. The number of halogens is 4. The molecular weight excluding hydrogens is 822 g/mol.